The maximum absolute atomic E-state index is 11.7. The zero-order valence-corrected chi connectivity index (χ0v) is 11.1. The van der Waals surface area contributed by atoms with Gasteiger partial charge in [-0.25, -0.2) is 4.79 Å². The molecule has 2 amide bonds. The summed E-state index contributed by atoms with van der Waals surface area (Å²) >= 11 is 0. The number of carbonyl (C=O) groups excluding carboxylic acids is 1. The molecule has 2 rings (SSSR count). The van der Waals surface area contributed by atoms with Crippen LogP contribution in [0.4, 0.5) is 10.5 Å². The van der Waals surface area contributed by atoms with E-state index in [1.807, 2.05) is 18.2 Å². The van der Waals surface area contributed by atoms with Gasteiger partial charge in [-0.1, -0.05) is 12.1 Å². The topological polar surface area (TPSA) is 70.6 Å². The smallest absolute Gasteiger partial charge is 0.319 e. The van der Waals surface area contributed by atoms with E-state index >= 15 is 0 Å². The van der Waals surface area contributed by atoms with Gasteiger partial charge in [0.15, 0.2) is 0 Å². The van der Waals surface area contributed by atoms with E-state index < -0.39 is 0 Å². The van der Waals surface area contributed by atoms with Crippen molar-refractivity contribution in [2.75, 3.05) is 18.5 Å². The molecule has 1 aliphatic carbocycles. The van der Waals surface area contributed by atoms with Crippen molar-refractivity contribution in [3.63, 3.8) is 0 Å². The molecule has 0 spiro atoms. The molecule has 1 aromatic carbocycles. The number of para-hydroxylation sites is 2. The van der Waals surface area contributed by atoms with Crippen LogP contribution in [0.2, 0.25) is 0 Å². The summed E-state index contributed by atoms with van der Waals surface area (Å²) in [7, 11) is 0. The molecule has 1 saturated carbocycles. The highest BCUT2D eigenvalue weighted by Crippen LogP contribution is 2.31. The van der Waals surface area contributed by atoms with Gasteiger partial charge < -0.3 is 20.5 Å². The summed E-state index contributed by atoms with van der Waals surface area (Å²) in [4.78, 5) is 11.7. The van der Waals surface area contributed by atoms with Gasteiger partial charge >= 0.3 is 6.03 Å². The molecule has 1 fully saturated rings. The van der Waals surface area contributed by atoms with E-state index in [-0.39, 0.29) is 18.7 Å². The first-order valence-electron chi connectivity index (χ1n) is 6.59. The van der Waals surface area contributed by atoms with Crippen LogP contribution in [0.5, 0.6) is 5.75 Å². The zero-order valence-electron chi connectivity index (χ0n) is 11.1. The van der Waals surface area contributed by atoms with Crippen molar-refractivity contribution in [2.24, 2.45) is 5.92 Å². The number of nitrogens with one attached hydrogen (secondary N) is 2. The molecule has 1 atom stereocenters. The van der Waals surface area contributed by atoms with Gasteiger partial charge in [-0.15, -0.1) is 0 Å². The molecule has 19 heavy (non-hydrogen) atoms. The Labute approximate surface area is 113 Å². The Kier molecular flexibility index (Phi) is 4.63. The fourth-order valence-electron chi connectivity index (χ4n) is 1.62. The van der Waals surface area contributed by atoms with Gasteiger partial charge in [-0.3, -0.25) is 0 Å². The fourth-order valence-corrected chi connectivity index (χ4v) is 1.62. The van der Waals surface area contributed by atoms with E-state index in [1.54, 1.807) is 13.0 Å². The van der Waals surface area contributed by atoms with Gasteiger partial charge in [0.25, 0.3) is 0 Å². The molecule has 0 aromatic heterocycles. The minimum atomic E-state index is -0.343. The molecule has 0 aliphatic heterocycles. The number of benzene rings is 1. The van der Waals surface area contributed by atoms with Crippen molar-refractivity contribution >= 4 is 11.7 Å². The maximum atomic E-state index is 11.7. The summed E-state index contributed by atoms with van der Waals surface area (Å²) in [5, 5.41) is 14.2. The standard InChI is InChI=1S/C14H20N2O3/c1-10(8-17)15-14(18)16-12-4-2-3-5-13(12)19-9-11-6-7-11/h2-5,10-11,17H,6-9H2,1H3,(H2,15,16,18). The summed E-state index contributed by atoms with van der Waals surface area (Å²) in [6.45, 7) is 2.34. The van der Waals surface area contributed by atoms with E-state index in [0.29, 0.717) is 24.0 Å². The number of aliphatic hydroxyl groups excluding tert-OH is 1. The van der Waals surface area contributed by atoms with Crippen molar-refractivity contribution in [1.29, 1.82) is 0 Å². The summed E-state index contributed by atoms with van der Waals surface area (Å²) in [6, 6.07) is 6.74. The Hall–Kier alpha value is -1.75. The number of ether oxygens (including phenoxy) is 1. The second-order valence-corrected chi connectivity index (χ2v) is 4.93. The quantitative estimate of drug-likeness (QED) is 0.735. The minimum Gasteiger partial charge on any atom is -0.491 e. The van der Waals surface area contributed by atoms with Crippen molar-refractivity contribution in [2.45, 2.75) is 25.8 Å². The molecule has 0 radical (unpaired) electrons. The van der Waals surface area contributed by atoms with Gasteiger partial charge in [0, 0.05) is 0 Å². The first kappa shape index (κ1) is 13.7. The van der Waals surface area contributed by atoms with Crippen LogP contribution in [0.15, 0.2) is 24.3 Å². The lowest BCUT2D eigenvalue weighted by atomic mass is 10.3. The van der Waals surface area contributed by atoms with Crippen molar-refractivity contribution in [3.8, 4) is 5.75 Å². The molecule has 1 aliphatic rings. The lowest BCUT2D eigenvalue weighted by molar-refractivity contribution is 0.229. The highest BCUT2D eigenvalue weighted by molar-refractivity contribution is 5.91. The van der Waals surface area contributed by atoms with Gasteiger partial charge in [0.05, 0.1) is 24.9 Å². The molecular formula is C14H20N2O3. The van der Waals surface area contributed by atoms with Crippen LogP contribution in [0.25, 0.3) is 0 Å². The molecule has 0 bridgehead atoms. The molecule has 3 N–H and O–H groups in total. The number of rotatable bonds is 6. The molecule has 5 heteroatoms. The summed E-state index contributed by atoms with van der Waals surface area (Å²) < 4.78 is 5.70. The second-order valence-electron chi connectivity index (χ2n) is 4.93. The van der Waals surface area contributed by atoms with Crippen molar-refractivity contribution < 1.29 is 14.6 Å². The molecule has 0 heterocycles. The maximum Gasteiger partial charge on any atom is 0.319 e. The Morgan fingerprint density at radius 1 is 1.47 bits per heavy atom. The van der Waals surface area contributed by atoms with Crippen molar-refractivity contribution in [1.82, 2.24) is 5.32 Å². The largest absolute Gasteiger partial charge is 0.491 e. The predicted octanol–water partition coefficient (Wildman–Crippen LogP) is 1.98. The highest BCUT2D eigenvalue weighted by atomic mass is 16.5. The molecule has 1 aromatic rings. The number of hydrogen-bond acceptors (Lipinski definition) is 3. The fraction of sp³-hybridized carbons (Fsp3) is 0.500. The normalized spacial score (nSPS) is 15.7. The van der Waals surface area contributed by atoms with Gasteiger partial charge in [-0.05, 0) is 37.8 Å². The number of aliphatic hydroxyl groups is 1. The van der Waals surface area contributed by atoms with E-state index in [0.717, 1.165) is 0 Å². The molecule has 104 valence electrons. The first-order valence-corrected chi connectivity index (χ1v) is 6.59. The first-order chi connectivity index (χ1) is 9.19. The van der Waals surface area contributed by atoms with Crippen LogP contribution in [0.1, 0.15) is 19.8 Å². The number of amides is 2. The van der Waals surface area contributed by atoms with Gasteiger partial charge in [0.1, 0.15) is 5.75 Å². The molecule has 1 unspecified atom stereocenters. The lowest BCUT2D eigenvalue weighted by Crippen LogP contribution is -2.38. The van der Waals surface area contributed by atoms with Crippen LogP contribution in [-0.4, -0.2) is 30.4 Å². The number of anilines is 1. The Morgan fingerprint density at radius 3 is 2.89 bits per heavy atom. The predicted molar refractivity (Wildman–Crippen MR) is 73.4 cm³/mol. The van der Waals surface area contributed by atoms with E-state index in [9.17, 15) is 4.79 Å². The van der Waals surface area contributed by atoms with E-state index in [1.165, 1.54) is 12.8 Å². The Morgan fingerprint density at radius 2 is 2.21 bits per heavy atom. The molecule has 5 nitrogen and oxygen atoms in total. The minimum absolute atomic E-state index is 0.0900. The summed E-state index contributed by atoms with van der Waals surface area (Å²) in [6.07, 6.45) is 2.45. The average Bonchev–Trinajstić information content (AvgIpc) is 3.21. The van der Waals surface area contributed by atoms with Gasteiger partial charge in [0.2, 0.25) is 0 Å². The monoisotopic (exact) mass is 264 g/mol. The van der Waals surface area contributed by atoms with E-state index in [2.05, 4.69) is 10.6 Å². The van der Waals surface area contributed by atoms with Gasteiger partial charge in [-0.2, -0.15) is 0 Å². The summed E-state index contributed by atoms with van der Waals surface area (Å²) in [5.41, 5.74) is 0.644. The van der Waals surface area contributed by atoms with Crippen LogP contribution in [0, 0.1) is 5.92 Å². The van der Waals surface area contributed by atoms with Crippen LogP contribution in [-0.2, 0) is 0 Å². The Balaban J connectivity index is 1.92. The number of carbonyl (C=O) groups is 1. The van der Waals surface area contributed by atoms with Crippen molar-refractivity contribution in [3.05, 3.63) is 24.3 Å². The molecular weight excluding hydrogens is 244 g/mol. The van der Waals surface area contributed by atoms with Crippen LogP contribution >= 0.6 is 0 Å². The van der Waals surface area contributed by atoms with Crippen LogP contribution in [0.3, 0.4) is 0 Å². The summed E-state index contributed by atoms with van der Waals surface area (Å²) in [5.74, 6) is 1.34. The average molecular weight is 264 g/mol. The third-order valence-electron chi connectivity index (χ3n) is 2.96. The SMILES string of the molecule is CC(CO)NC(=O)Nc1ccccc1OCC1CC1. The van der Waals surface area contributed by atoms with Crippen LogP contribution < -0.4 is 15.4 Å². The third-order valence-corrected chi connectivity index (χ3v) is 2.96. The lowest BCUT2D eigenvalue weighted by Gasteiger charge is -2.15. The highest BCUT2D eigenvalue weighted by Gasteiger charge is 2.22. The zero-order chi connectivity index (χ0) is 13.7. The van der Waals surface area contributed by atoms with E-state index in [4.69, 9.17) is 9.84 Å². The molecule has 0 saturated heterocycles. The number of urea groups is 1. The second kappa shape index (κ2) is 6.43. The third kappa shape index (κ3) is 4.44. The Bertz CT molecular complexity index is 432. The number of hydrogen-bond donors (Lipinski definition) is 3.